The molecule has 100 valence electrons. The van der Waals surface area contributed by atoms with Crippen molar-refractivity contribution in [3.63, 3.8) is 0 Å². The number of piperidine rings is 1. The zero-order chi connectivity index (χ0) is 13.0. The lowest BCUT2D eigenvalue weighted by Crippen LogP contribution is -2.40. The number of anilines is 1. The second-order valence-corrected chi connectivity index (χ2v) is 5.91. The Hall–Kier alpha value is -0.610. The molecule has 0 amide bonds. The number of aromatic nitrogens is 1. The average molecular weight is 312 g/mol. The third-order valence-corrected chi connectivity index (χ3v) is 4.39. The molecule has 0 radical (unpaired) electrons. The van der Waals surface area contributed by atoms with Crippen molar-refractivity contribution in [1.82, 2.24) is 10.3 Å². The highest BCUT2D eigenvalue weighted by atomic mass is 79.9. The quantitative estimate of drug-likeness (QED) is 0.926. The number of hydrogen-bond donors (Lipinski definition) is 1. The van der Waals surface area contributed by atoms with Crippen molar-refractivity contribution in [3.05, 3.63) is 22.3 Å². The predicted molar refractivity (Wildman–Crippen MR) is 80.2 cm³/mol. The monoisotopic (exact) mass is 311 g/mol. The highest BCUT2D eigenvalue weighted by molar-refractivity contribution is 9.10. The maximum Gasteiger partial charge on any atom is 0.128 e. The Morgan fingerprint density at radius 3 is 3.11 bits per heavy atom. The minimum Gasteiger partial charge on any atom is -0.356 e. The first-order valence-corrected chi connectivity index (χ1v) is 7.57. The highest BCUT2D eigenvalue weighted by Gasteiger charge is 2.20. The van der Waals surface area contributed by atoms with Gasteiger partial charge in [0.05, 0.1) is 0 Å². The maximum atomic E-state index is 4.54. The van der Waals surface area contributed by atoms with Gasteiger partial charge in [-0.1, -0.05) is 6.92 Å². The van der Waals surface area contributed by atoms with Crippen LogP contribution < -0.4 is 10.2 Å². The van der Waals surface area contributed by atoms with Gasteiger partial charge in [-0.3, -0.25) is 0 Å². The molecule has 1 aromatic rings. The molecule has 1 N–H and O–H groups in total. The van der Waals surface area contributed by atoms with Crippen LogP contribution in [0.15, 0.2) is 16.7 Å². The summed E-state index contributed by atoms with van der Waals surface area (Å²) in [5, 5.41) is 3.46. The Labute approximate surface area is 118 Å². The van der Waals surface area contributed by atoms with Gasteiger partial charge in [0.2, 0.25) is 0 Å². The number of halogens is 1. The number of nitrogens with one attached hydrogen (secondary N) is 1. The molecule has 1 atom stereocenters. The van der Waals surface area contributed by atoms with Crippen molar-refractivity contribution in [2.75, 3.05) is 31.1 Å². The fourth-order valence-corrected chi connectivity index (χ4v) is 2.70. The SMILES string of the molecule is CCNCC1CCCN(c2cc(C)c(Br)cn2)C1. The van der Waals surface area contributed by atoms with E-state index in [0.717, 1.165) is 42.4 Å². The van der Waals surface area contributed by atoms with Gasteiger partial charge in [0, 0.05) is 23.8 Å². The van der Waals surface area contributed by atoms with Crippen molar-refractivity contribution in [3.8, 4) is 0 Å². The topological polar surface area (TPSA) is 28.2 Å². The van der Waals surface area contributed by atoms with E-state index in [2.05, 4.69) is 51.0 Å². The molecule has 18 heavy (non-hydrogen) atoms. The van der Waals surface area contributed by atoms with Crippen molar-refractivity contribution < 1.29 is 0 Å². The second kappa shape index (κ2) is 6.53. The van der Waals surface area contributed by atoms with E-state index in [1.807, 2.05) is 6.20 Å². The zero-order valence-electron chi connectivity index (χ0n) is 11.2. The summed E-state index contributed by atoms with van der Waals surface area (Å²) in [6.45, 7) is 8.74. The van der Waals surface area contributed by atoms with Gasteiger partial charge in [0.15, 0.2) is 0 Å². The van der Waals surface area contributed by atoms with Crippen LogP contribution in [0.5, 0.6) is 0 Å². The van der Waals surface area contributed by atoms with Crippen LogP contribution in [-0.4, -0.2) is 31.2 Å². The lowest BCUT2D eigenvalue weighted by Gasteiger charge is -2.34. The first kappa shape index (κ1) is 13.8. The van der Waals surface area contributed by atoms with Crippen LogP contribution >= 0.6 is 15.9 Å². The molecule has 2 heterocycles. The Morgan fingerprint density at radius 1 is 1.56 bits per heavy atom. The van der Waals surface area contributed by atoms with Crippen LogP contribution in [0, 0.1) is 12.8 Å². The first-order valence-electron chi connectivity index (χ1n) is 6.78. The molecule has 1 saturated heterocycles. The molecular formula is C14H22BrN3. The maximum absolute atomic E-state index is 4.54. The molecule has 0 aliphatic carbocycles. The van der Waals surface area contributed by atoms with Crippen molar-refractivity contribution in [2.45, 2.75) is 26.7 Å². The van der Waals surface area contributed by atoms with E-state index >= 15 is 0 Å². The van der Waals surface area contributed by atoms with Gasteiger partial charge < -0.3 is 10.2 Å². The molecule has 0 saturated carbocycles. The van der Waals surface area contributed by atoms with Gasteiger partial charge in [-0.15, -0.1) is 0 Å². The van der Waals surface area contributed by atoms with Crippen LogP contribution in [0.2, 0.25) is 0 Å². The lowest BCUT2D eigenvalue weighted by atomic mass is 9.98. The molecule has 1 fully saturated rings. The van der Waals surface area contributed by atoms with E-state index in [-0.39, 0.29) is 0 Å². The molecule has 2 rings (SSSR count). The van der Waals surface area contributed by atoms with Crippen LogP contribution in [0.4, 0.5) is 5.82 Å². The van der Waals surface area contributed by atoms with Gasteiger partial charge in [-0.2, -0.15) is 0 Å². The van der Waals surface area contributed by atoms with E-state index < -0.39 is 0 Å². The van der Waals surface area contributed by atoms with Gasteiger partial charge >= 0.3 is 0 Å². The summed E-state index contributed by atoms with van der Waals surface area (Å²) in [4.78, 5) is 6.96. The van der Waals surface area contributed by atoms with E-state index in [1.54, 1.807) is 0 Å². The standard InChI is InChI=1S/C14H22BrN3/c1-3-16-8-12-5-4-6-18(10-12)14-7-11(2)13(15)9-17-14/h7,9,12,16H,3-6,8,10H2,1-2H3. The zero-order valence-corrected chi connectivity index (χ0v) is 12.8. The molecule has 0 spiro atoms. The number of aryl methyl sites for hydroxylation is 1. The molecule has 0 aromatic carbocycles. The summed E-state index contributed by atoms with van der Waals surface area (Å²) >= 11 is 3.51. The van der Waals surface area contributed by atoms with E-state index in [9.17, 15) is 0 Å². The van der Waals surface area contributed by atoms with Gasteiger partial charge in [0.25, 0.3) is 0 Å². The highest BCUT2D eigenvalue weighted by Crippen LogP contribution is 2.24. The van der Waals surface area contributed by atoms with E-state index in [4.69, 9.17) is 0 Å². The number of hydrogen-bond acceptors (Lipinski definition) is 3. The molecule has 1 unspecified atom stereocenters. The van der Waals surface area contributed by atoms with Crippen molar-refractivity contribution >= 4 is 21.7 Å². The number of nitrogens with zero attached hydrogens (tertiary/aromatic N) is 2. The Kier molecular flexibility index (Phi) is 5.01. The summed E-state index contributed by atoms with van der Waals surface area (Å²) in [5.41, 5.74) is 1.26. The van der Waals surface area contributed by atoms with Gasteiger partial charge in [0.1, 0.15) is 5.82 Å². The first-order chi connectivity index (χ1) is 8.70. The fraction of sp³-hybridized carbons (Fsp3) is 0.643. The van der Waals surface area contributed by atoms with Crippen molar-refractivity contribution in [2.24, 2.45) is 5.92 Å². The van der Waals surface area contributed by atoms with Crippen molar-refractivity contribution in [1.29, 1.82) is 0 Å². The lowest BCUT2D eigenvalue weighted by molar-refractivity contribution is 0.394. The number of rotatable bonds is 4. The Bertz CT molecular complexity index is 395. The van der Waals surface area contributed by atoms with E-state index in [1.165, 1.54) is 18.4 Å². The minimum atomic E-state index is 0.754. The second-order valence-electron chi connectivity index (χ2n) is 5.05. The van der Waals surface area contributed by atoms with Crippen LogP contribution in [-0.2, 0) is 0 Å². The summed E-state index contributed by atoms with van der Waals surface area (Å²) in [6.07, 6.45) is 4.52. The minimum absolute atomic E-state index is 0.754. The average Bonchev–Trinajstić information content (AvgIpc) is 2.40. The summed E-state index contributed by atoms with van der Waals surface area (Å²) in [7, 11) is 0. The van der Waals surface area contributed by atoms with Gasteiger partial charge in [-0.05, 0) is 66.3 Å². The molecular weight excluding hydrogens is 290 g/mol. The molecule has 1 aromatic heterocycles. The molecule has 3 nitrogen and oxygen atoms in total. The van der Waals surface area contributed by atoms with Crippen LogP contribution in [0.3, 0.4) is 0 Å². The molecule has 4 heteroatoms. The fourth-order valence-electron chi connectivity index (χ4n) is 2.49. The predicted octanol–water partition coefficient (Wildman–Crippen LogP) is 2.98. The molecule has 0 bridgehead atoms. The van der Waals surface area contributed by atoms with Crippen LogP contribution in [0.1, 0.15) is 25.3 Å². The summed E-state index contributed by atoms with van der Waals surface area (Å²) in [5.74, 6) is 1.88. The van der Waals surface area contributed by atoms with E-state index in [0.29, 0.717) is 0 Å². The summed E-state index contributed by atoms with van der Waals surface area (Å²) in [6, 6.07) is 2.18. The van der Waals surface area contributed by atoms with Gasteiger partial charge in [-0.25, -0.2) is 4.98 Å². The molecule has 1 aliphatic heterocycles. The van der Waals surface area contributed by atoms with Crippen LogP contribution in [0.25, 0.3) is 0 Å². The normalized spacial score (nSPS) is 20.2. The third-order valence-electron chi connectivity index (χ3n) is 3.56. The smallest absolute Gasteiger partial charge is 0.128 e. The number of pyridine rings is 1. The Balaban J connectivity index is 2.01. The third kappa shape index (κ3) is 3.45. The summed E-state index contributed by atoms with van der Waals surface area (Å²) < 4.78 is 1.09. The Morgan fingerprint density at radius 2 is 2.39 bits per heavy atom. The molecule has 1 aliphatic rings. The largest absolute Gasteiger partial charge is 0.356 e.